The maximum absolute atomic E-state index is 3.46. The Morgan fingerprint density at radius 3 is 2.69 bits per heavy atom. The molecule has 0 aromatic heterocycles. The van der Waals surface area contributed by atoms with Crippen molar-refractivity contribution in [3.8, 4) is 0 Å². The van der Waals surface area contributed by atoms with Crippen LogP contribution in [0.4, 0.5) is 0 Å². The zero-order valence-corrected chi connectivity index (χ0v) is 11.3. The molecule has 1 aliphatic rings. The largest absolute Gasteiger partial charge is 0.314 e. The summed E-state index contributed by atoms with van der Waals surface area (Å²) in [5.74, 6) is 1.83. The molecule has 1 rings (SSSR count). The van der Waals surface area contributed by atoms with Crippen molar-refractivity contribution in [3.05, 3.63) is 12.2 Å². The van der Waals surface area contributed by atoms with Gasteiger partial charge in [0.2, 0.25) is 0 Å². The Kier molecular flexibility index (Phi) is 6.79. The first-order valence-electron chi connectivity index (χ1n) is 7.14. The number of rotatable bonds is 6. The van der Waals surface area contributed by atoms with Crippen molar-refractivity contribution in [2.24, 2.45) is 11.8 Å². The minimum absolute atomic E-state index is 0.617. The molecule has 2 unspecified atom stereocenters. The third-order valence-corrected chi connectivity index (χ3v) is 3.74. The lowest BCUT2D eigenvalue weighted by Crippen LogP contribution is -2.23. The first-order chi connectivity index (χ1) is 7.74. The molecule has 1 aliphatic carbocycles. The molecule has 1 N–H and O–H groups in total. The molecule has 1 heteroatoms. The van der Waals surface area contributed by atoms with Gasteiger partial charge in [-0.05, 0) is 37.6 Å². The quantitative estimate of drug-likeness (QED) is 0.527. The smallest absolute Gasteiger partial charge is 0.00105 e. The molecule has 0 amide bonds. The van der Waals surface area contributed by atoms with Crippen LogP contribution >= 0.6 is 0 Å². The predicted molar refractivity (Wildman–Crippen MR) is 72.6 cm³/mol. The zero-order valence-electron chi connectivity index (χ0n) is 11.3. The standard InChI is InChI=1S/C15H29N/c1-4-14-9-5-6-10-15(14)11-7-8-12-16-13(2)3/h7,11,13-16H,4-6,8-10,12H2,1-3H3. The summed E-state index contributed by atoms with van der Waals surface area (Å²) >= 11 is 0. The van der Waals surface area contributed by atoms with Gasteiger partial charge in [-0.1, -0.05) is 52.2 Å². The van der Waals surface area contributed by atoms with E-state index in [4.69, 9.17) is 0 Å². The van der Waals surface area contributed by atoms with E-state index in [1.165, 1.54) is 38.5 Å². The highest BCUT2D eigenvalue weighted by Crippen LogP contribution is 2.32. The van der Waals surface area contributed by atoms with Gasteiger partial charge in [-0.3, -0.25) is 0 Å². The Morgan fingerprint density at radius 1 is 1.25 bits per heavy atom. The number of hydrogen-bond donors (Lipinski definition) is 1. The van der Waals surface area contributed by atoms with Gasteiger partial charge in [0.15, 0.2) is 0 Å². The fourth-order valence-electron chi connectivity index (χ4n) is 2.72. The Labute approximate surface area is 102 Å². The molecule has 0 aliphatic heterocycles. The molecule has 0 saturated heterocycles. The second-order valence-electron chi connectivity index (χ2n) is 5.44. The monoisotopic (exact) mass is 223 g/mol. The van der Waals surface area contributed by atoms with Crippen molar-refractivity contribution in [2.45, 2.75) is 65.3 Å². The first-order valence-corrected chi connectivity index (χ1v) is 7.14. The van der Waals surface area contributed by atoms with Crippen LogP contribution in [0.3, 0.4) is 0 Å². The van der Waals surface area contributed by atoms with Crippen LogP contribution in [-0.2, 0) is 0 Å². The van der Waals surface area contributed by atoms with Crippen molar-refractivity contribution in [1.29, 1.82) is 0 Å². The van der Waals surface area contributed by atoms with Gasteiger partial charge in [-0.2, -0.15) is 0 Å². The van der Waals surface area contributed by atoms with Gasteiger partial charge in [0, 0.05) is 6.04 Å². The molecule has 94 valence electrons. The summed E-state index contributed by atoms with van der Waals surface area (Å²) in [6.07, 6.45) is 13.2. The highest BCUT2D eigenvalue weighted by molar-refractivity contribution is 4.93. The summed E-state index contributed by atoms with van der Waals surface area (Å²) in [5.41, 5.74) is 0. The Morgan fingerprint density at radius 2 is 2.00 bits per heavy atom. The Bertz CT molecular complexity index is 196. The van der Waals surface area contributed by atoms with Gasteiger partial charge in [0.05, 0.1) is 0 Å². The average Bonchev–Trinajstić information content (AvgIpc) is 2.29. The molecule has 0 spiro atoms. The molecule has 0 heterocycles. The van der Waals surface area contributed by atoms with E-state index in [2.05, 4.69) is 38.2 Å². The molecule has 2 atom stereocenters. The van der Waals surface area contributed by atoms with Crippen LogP contribution in [0.5, 0.6) is 0 Å². The van der Waals surface area contributed by atoms with Crippen LogP contribution < -0.4 is 5.32 Å². The fraction of sp³-hybridized carbons (Fsp3) is 0.867. The molecule has 0 aromatic carbocycles. The van der Waals surface area contributed by atoms with E-state index in [0.29, 0.717) is 6.04 Å². The van der Waals surface area contributed by atoms with E-state index in [1.807, 2.05) is 0 Å². The summed E-state index contributed by atoms with van der Waals surface area (Å²) in [7, 11) is 0. The highest BCUT2D eigenvalue weighted by atomic mass is 14.9. The molecule has 0 aromatic rings. The number of allylic oxidation sites excluding steroid dienone is 1. The van der Waals surface area contributed by atoms with E-state index in [0.717, 1.165) is 18.4 Å². The lowest BCUT2D eigenvalue weighted by atomic mass is 9.77. The summed E-state index contributed by atoms with van der Waals surface area (Å²) in [6, 6.07) is 0.617. The van der Waals surface area contributed by atoms with Crippen LogP contribution in [-0.4, -0.2) is 12.6 Å². The van der Waals surface area contributed by atoms with Gasteiger partial charge >= 0.3 is 0 Å². The van der Waals surface area contributed by atoms with Crippen molar-refractivity contribution in [1.82, 2.24) is 5.32 Å². The van der Waals surface area contributed by atoms with Crippen LogP contribution in [0.1, 0.15) is 59.3 Å². The van der Waals surface area contributed by atoms with Gasteiger partial charge in [0.1, 0.15) is 0 Å². The maximum atomic E-state index is 3.46. The van der Waals surface area contributed by atoms with E-state index in [-0.39, 0.29) is 0 Å². The predicted octanol–water partition coefficient (Wildman–Crippen LogP) is 4.15. The molecule has 16 heavy (non-hydrogen) atoms. The minimum atomic E-state index is 0.617. The SMILES string of the molecule is CCC1CCCCC1C=CCCNC(C)C. The van der Waals surface area contributed by atoms with Gasteiger partial charge in [-0.25, -0.2) is 0 Å². The molecule has 0 radical (unpaired) electrons. The van der Waals surface area contributed by atoms with Gasteiger partial charge < -0.3 is 5.32 Å². The van der Waals surface area contributed by atoms with Crippen molar-refractivity contribution >= 4 is 0 Å². The lowest BCUT2D eigenvalue weighted by Gasteiger charge is -2.28. The zero-order chi connectivity index (χ0) is 11.8. The summed E-state index contributed by atoms with van der Waals surface area (Å²) in [5, 5.41) is 3.46. The topological polar surface area (TPSA) is 12.0 Å². The fourth-order valence-corrected chi connectivity index (χ4v) is 2.72. The van der Waals surface area contributed by atoms with E-state index in [9.17, 15) is 0 Å². The van der Waals surface area contributed by atoms with Crippen molar-refractivity contribution in [3.63, 3.8) is 0 Å². The first kappa shape index (κ1) is 13.8. The van der Waals surface area contributed by atoms with Crippen LogP contribution in [0, 0.1) is 11.8 Å². The van der Waals surface area contributed by atoms with E-state index < -0.39 is 0 Å². The molecule has 0 bridgehead atoms. The minimum Gasteiger partial charge on any atom is -0.314 e. The summed E-state index contributed by atoms with van der Waals surface area (Å²) in [4.78, 5) is 0. The lowest BCUT2D eigenvalue weighted by molar-refractivity contribution is 0.276. The summed E-state index contributed by atoms with van der Waals surface area (Å²) in [6.45, 7) is 7.88. The van der Waals surface area contributed by atoms with E-state index in [1.54, 1.807) is 0 Å². The second kappa shape index (κ2) is 7.89. The van der Waals surface area contributed by atoms with Crippen molar-refractivity contribution < 1.29 is 0 Å². The maximum Gasteiger partial charge on any atom is 0.00105 e. The molecular formula is C15H29N. The molecule has 1 saturated carbocycles. The number of nitrogens with one attached hydrogen (secondary N) is 1. The van der Waals surface area contributed by atoms with Crippen LogP contribution in [0.15, 0.2) is 12.2 Å². The molecule has 1 fully saturated rings. The third-order valence-electron chi connectivity index (χ3n) is 3.74. The molecular weight excluding hydrogens is 194 g/mol. The van der Waals surface area contributed by atoms with Gasteiger partial charge in [-0.15, -0.1) is 0 Å². The Hall–Kier alpha value is -0.300. The normalized spacial score (nSPS) is 26.8. The van der Waals surface area contributed by atoms with E-state index >= 15 is 0 Å². The number of hydrogen-bond acceptors (Lipinski definition) is 1. The summed E-state index contributed by atoms with van der Waals surface area (Å²) < 4.78 is 0. The van der Waals surface area contributed by atoms with Crippen molar-refractivity contribution in [2.75, 3.05) is 6.54 Å². The second-order valence-corrected chi connectivity index (χ2v) is 5.44. The molecule has 1 nitrogen and oxygen atoms in total. The van der Waals surface area contributed by atoms with Crippen LogP contribution in [0.2, 0.25) is 0 Å². The third kappa shape index (κ3) is 5.16. The Balaban J connectivity index is 2.20. The van der Waals surface area contributed by atoms with Gasteiger partial charge in [0.25, 0.3) is 0 Å². The van der Waals surface area contributed by atoms with Crippen LogP contribution in [0.25, 0.3) is 0 Å². The average molecular weight is 223 g/mol. The highest BCUT2D eigenvalue weighted by Gasteiger charge is 2.20.